The molecule has 0 spiro atoms. The molecule has 1 saturated heterocycles. The van der Waals surface area contributed by atoms with Gasteiger partial charge in [-0.2, -0.15) is 0 Å². The molecule has 3 aromatic rings. The topological polar surface area (TPSA) is 20.3 Å². The molecule has 4 aliphatic rings. The molecule has 164 valence electrons. The summed E-state index contributed by atoms with van der Waals surface area (Å²) in [4.78, 5) is 17.4. The van der Waals surface area contributed by atoms with Crippen LogP contribution in [0.15, 0.2) is 84.9 Å². The van der Waals surface area contributed by atoms with Crippen LogP contribution in [0.2, 0.25) is 0 Å². The van der Waals surface area contributed by atoms with Crippen LogP contribution in [0.1, 0.15) is 59.8 Å². The molecular weight excluding hydrogens is 402 g/mol. The van der Waals surface area contributed by atoms with Crippen LogP contribution in [0, 0.1) is 5.92 Å². The van der Waals surface area contributed by atoms with Gasteiger partial charge in [0.05, 0.1) is 5.54 Å². The Morgan fingerprint density at radius 3 is 2.03 bits per heavy atom. The molecule has 1 saturated carbocycles. The second-order valence-corrected chi connectivity index (χ2v) is 10.3. The van der Waals surface area contributed by atoms with Gasteiger partial charge in [-0.05, 0) is 78.4 Å². The van der Waals surface area contributed by atoms with Gasteiger partial charge in [-0.15, -0.1) is 0 Å². The van der Waals surface area contributed by atoms with Gasteiger partial charge in [0.25, 0.3) is 0 Å². The van der Waals surface area contributed by atoms with E-state index in [9.17, 15) is 4.79 Å². The van der Waals surface area contributed by atoms with Gasteiger partial charge in [-0.25, -0.2) is 0 Å². The van der Waals surface area contributed by atoms with Crippen LogP contribution in [0.3, 0.4) is 0 Å². The Labute approximate surface area is 195 Å². The van der Waals surface area contributed by atoms with E-state index in [2.05, 4.69) is 83.8 Å². The highest BCUT2D eigenvalue weighted by Crippen LogP contribution is 2.66. The van der Waals surface area contributed by atoms with Gasteiger partial charge in [-0.1, -0.05) is 84.9 Å². The van der Waals surface area contributed by atoms with Crippen LogP contribution in [0.4, 0.5) is 0 Å². The zero-order valence-electron chi connectivity index (χ0n) is 18.9. The van der Waals surface area contributed by atoms with E-state index in [1.165, 1.54) is 41.5 Å². The third kappa shape index (κ3) is 2.62. The molecule has 2 heteroatoms. The Hall–Kier alpha value is -2.97. The molecule has 3 aromatic carbocycles. The Morgan fingerprint density at radius 1 is 0.727 bits per heavy atom. The predicted molar refractivity (Wildman–Crippen MR) is 133 cm³/mol. The van der Waals surface area contributed by atoms with Gasteiger partial charge in [0.1, 0.15) is 0 Å². The monoisotopic (exact) mass is 431 g/mol. The number of fused-ring (bicyclic) bond motifs is 7. The average Bonchev–Trinajstić information content (AvgIpc) is 3.58. The number of Topliss-reactive ketones (excluding diaryl/α,β-unsaturated/α-hetero) is 1. The summed E-state index contributed by atoms with van der Waals surface area (Å²) in [6.07, 6.45) is 4.53. The first-order valence-corrected chi connectivity index (χ1v) is 12.5. The zero-order valence-corrected chi connectivity index (χ0v) is 18.9. The number of benzene rings is 3. The lowest BCUT2D eigenvalue weighted by molar-refractivity contribution is -0.128. The average molecular weight is 432 g/mol. The van der Waals surface area contributed by atoms with Crippen molar-refractivity contribution in [3.63, 3.8) is 0 Å². The second-order valence-electron chi connectivity index (χ2n) is 10.3. The standard InChI is InChI=1S/C31H29NO/c33-30-28(22-13-5-2-6-14-22)27(21-11-3-1-4-12-21)29-26-19-23(24-15-7-8-16-25(24)26)20-31(29,30)32-17-9-10-18-32/h1-8,11-16,23,26,29H,9-10,17-20H2/t23?,26?,29?,31-/m1/s1. The molecule has 3 unspecified atom stereocenters. The minimum atomic E-state index is -0.417. The normalized spacial score (nSPS) is 30.5. The summed E-state index contributed by atoms with van der Waals surface area (Å²) < 4.78 is 0. The molecule has 1 heterocycles. The van der Waals surface area contributed by atoms with E-state index in [-0.39, 0.29) is 5.92 Å². The van der Waals surface area contributed by atoms with E-state index in [1.54, 1.807) is 0 Å². The molecule has 3 aliphatic carbocycles. The fourth-order valence-corrected chi connectivity index (χ4v) is 7.71. The summed E-state index contributed by atoms with van der Waals surface area (Å²) in [5.74, 6) is 1.47. The van der Waals surface area contributed by atoms with Crippen molar-refractivity contribution < 1.29 is 4.79 Å². The van der Waals surface area contributed by atoms with Crippen LogP contribution in [-0.2, 0) is 4.79 Å². The van der Waals surface area contributed by atoms with Crippen molar-refractivity contribution in [2.75, 3.05) is 13.1 Å². The smallest absolute Gasteiger partial charge is 0.184 e. The molecule has 0 radical (unpaired) electrons. The molecule has 0 N–H and O–H groups in total. The van der Waals surface area contributed by atoms with E-state index < -0.39 is 5.54 Å². The maximum absolute atomic E-state index is 14.8. The Bertz CT molecular complexity index is 1250. The summed E-state index contributed by atoms with van der Waals surface area (Å²) in [6, 6.07) is 30.3. The van der Waals surface area contributed by atoms with E-state index in [0.717, 1.165) is 30.6 Å². The molecule has 2 bridgehead atoms. The summed E-state index contributed by atoms with van der Waals surface area (Å²) >= 11 is 0. The lowest BCUT2D eigenvalue weighted by atomic mass is 9.63. The molecule has 2 fully saturated rings. The van der Waals surface area contributed by atoms with Crippen LogP contribution >= 0.6 is 0 Å². The number of likely N-dealkylation sites (tertiary alicyclic amines) is 1. The first-order valence-electron chi connectivity index (χ1n) is 12.5. The largest absolute Gasteiger partial charge is 0.292 e. The molecule has 0 aromatic heterocycles. The quantitative estimate of drug-likeness (QED) is 0.485. The zero-order chi connectivity index (χ0) is 22.0. The number of carbonyl (C=O) groups excluding carboxylic acids is 1. The van der Waals surface area contributed by atoms with E-state index >= 15 is 0 Å². The maximum atomic E-state index is 14.8. The fourth-order valence-electron chi connectivity index (χ4n) is 7.71. The maximum Gasteiger partial charge on any atom is 0.184 e. The van der Waals surface area contributed by atoms with Gasteiger partial charge in [0.15, 0.2) is 5.78 Å². The molecule has 2 nitrogen and oxygen atoms in total. The minimum Gasteiger partial charge on any atom is -0.292 e. The molecule has 4 atom stereocenters. The highest BCUT2D eigenvalue weighted by molar-refractivity contribution is 6.36. The van der Waals surface area contributed by atoms with Crippen molar-refractivity contribution in [1.29, 1.82) is 0 Å². The van der Waals surface area contributed by atoms with E-state index in [0.29, 0.717) is 17.6 Å². The SMILES string of the molecule is O=C1C(c2ccccc2)=C(c2ccccc2)C2C3CC(C[C@]12N1CCCC1)c1ccccc13. The van der Waals surface area contributed by atoms with Crippen molar-refractivity contribution >= 4 is 16.9 Å². The van der Waals surface area contributed by atoms with E-state index in [1.807, 2.05) is 6.07 Å². The highest BCUT2D eigenvalue weighted by atomic mass is 16.1. The molecule has 33 heavy (non-hydrogen) atoms. The van der Waals surface area contributed by atoms with Crippen LogP contribution < -0.4 is 0 Å². The summed E-state index contributed by atoms with van der Waals surface area (Å²) in [5, 5.41) is 0. The lowest BCUT2D eigenvalue weighted by Crippen LogP contribution is -2.59. The van der Waals surface area contributed by atoms with Crippen LogP contribution in [0.5, 0.6) is 0 Å². The van der Waals surface area contributed by atoms with Crippen LogP contribution in [-0.4, -0.2) is 29.3 Å². The number of nitrogens with zero attached hydrogens (tertiary/aromatic N) is 1. The van der Waals surface area contributed by atoms with Crippen molar-refractivity contribution in [2.24, 2.45) is 5.92 Å². The van der Waals surface area contributed by atoms with Crippen molar-refractivity contribution in [3.05, 3.63) is 107 Å². The molecule has 7 rings (SSSR count). The summed E-state index contributed by atoms with van der Waals surface area (Å²) in [5.41, 5.74) is 7.14. The van der Waals surface area contributed by atoms with Crippen LogP contribution in [0.25, 0.3) is 11.1 Å². The first-order chi connectivity index (χ1) is 16.3. The third-order valence-corrected chi connectivity index (χ3v) is 8.87. The fraction of sp³-hybridized carbons (Fsp3) is 0.323. The Morgan fingerprint density at radius 2 is 1.33 bits per heavy atom. The summed E-state index contributed by atoms with van der Waals surface area (Å²) in [7, 11) is 0. The van der Waals surface area contributed by atoms with Crippen molar-refractivity contribution in [1.82, 2.24) is 4.90 Å². The Kier molecular flexibility index (Phi) is 4.29. The number of hydrogen-bond acceptors (Lipinski definition) is 2. The van der Waals surface area contributed by atoms with Gasteiger partial charge in [0.2, 0.25) is 0 Å². The molecule has 1 aliphatic heterocycles. The minimum absolute atomic E-state index is 0.209. The van der Waals surface area contributed by atoms with Crippen molar-refractivity contribution in [2.45, 2.75) is 43.1 Å². The third-order valence-electron chi connectivity index (χ3n) is 8.87. The predicted octanol–water partition coefficient (Wildman–Crippen LogP) is 6.31. The first kappa shape index (κ1) is 19.5. The number of carbonyl (C=O) groups is 1. The van der Waals surface area contributed by atoms with Gasteiger partial charge >= 0.3 is 0 Å². The number of hydrogen-bond donors (Lipinski definition) is 0. The lowest BCUT2D eigenvalue weighted by Gasteiger charge is -2.49. The number of ketones is 1. The van der Waals surface area contributed by atoms with E-state index in [4.69, 9.17) is 0 Å². The highest BCUT2D eigenvalue weighted by Gasteiger charge is 2.65. The van der Waals surface area contributed by atoms with Crippen molar-refractivity contribution in [3.8, 4) is 0 Å². The molecular formula is C31H29NO. The second kappa shape index (κ2) is 7.27. The number of rotatable bonds is 3. The summed E-state index contributed by atoms with van der Waals surface area (Å²) in [6.45, 7) is 2.09. The van der Waals surface area contributed by atoms with Gasteiger partial charge < -0.3 is 0 Å². The van der Waals surface area contributed by atoms with Gasteiger partial charge in [0, 0.05) is 11.5 Å². The molecule has 0 amide bonds. The Balaban J connectivity index is 1.53. The van der Waals surface area contributed by atoms with Gasteiger partial charge in [-0.3, -0.25) is 9.69 Å².